The monoisotopic (exact) mass is 261 g/mol. The number of likely N-dealkylation sites (N-methyl/N-ethyl adjacent to an activating group) is 1. The van der Waals surface area contributed by atoms with Gasteiger partial charge in [0.2, 0.25) is 0 Å². The van der Waals surface area contributed by atoms with Crippen molar-refractivity contribution >= 4 is 5.69 Å². The van der Waals surface area contributed by atoms with E-state index >= 15 is 0 Å². The zero-order chi connectivity index (χ0) is 13.7. The average molecular weight is 261 g/mol. The van der Waals surface area contributed by atoms with E-state index in [0.29, 0.717) is 12.0 Å². The van der Waals surface area contributed by atoms with Crippen molar-refractivity contribution < 1.29 is 0 Å². The quantitative estimate of drug-likeness (QED) is 0.853. The van der Waals surface area contributed by atoms with Gasteiger partial charge in [0.05, 0.1) is 0 Å². The van der Waals surface area contributed by atoms with Crippen molar-refractivity contribution in [3.63, 3.8) is 0 Å². The number of piperazine rings is 1. The van der Waals surface area contributed by atoms with Gasteiger partial charge >= 0.3 is 0 Å². The predicted molar refractivity (Wildman–Crippen MR) is 82.9 cm³/mol. The Kier molecular flexibility index (Phi) is 5.23. The Hall–Kier alpha value is -1.06. The second-order valence-corrected chi connectivity index (χ2v) is 5.91. The van der Waals surface area contributed by atoms with Crippen molar-refractivity contribution in [1.82, 2.24) is 10.2 Å². The van der Waals surface area contributed by atoms with Crippen LogP contribution < -0.4 is 10.6 Å². The SMILES string of the molecule is CC(C)c1ccc(NCCC2CN(C)CCN2)cc1. The number of hydrogen-bond donors (Lipinski definition) is 2. The zero-order valence-corrected chi connectivity index (χ0v) is 12.4. The molecule has 1 heterocycles. The standard InChI is InChI=1S/C16H27N3/c1-13(2)14-4-6-15(7-5-14)17-9-8-16-12-19(3)11-10-18-16/h4-7,13,16-18H,8-12H2,1-3H3. The summed E-state index contributed by atoms with van der Waals surface area (Å²) in [4.78, 5) is 2.40. The van der Waals surface area contributed by atoms with Crippen LogP contribution in [-0.2, 0) is 0 Å². The Morgan fingerprint density at radius 3 is 2.68 bits per heavy atom. The van der Waals surface area contributed by atoms with E-state index in [1.807, 2.05) is 0 Å². The van der Waals surface area contributed by atoms with Gasteiger partial charge in [0.1, 0.15) is 0 Å². The van der Waals surface area contributed by atoms with Crippen LogP contribution in [0.3, 0.4) is 0 Å². The zero-order valence-electron chi connectivity index (χ0n) is 12.4. The van der Waals surface area contributed by atoms with E-state index in [0.717, 1.165) is 19.6 Å². The molecule has 1 aliphatic rings. The summed E-state index contributed by atoms with van der Waals surface area (Å²) in [7, 11) is 2.20. The minimum absolute atomic E-state index is 0.607. The van der Waals surface area contributed by atoms with Crippen LogP contribution in [-0.4, -0.2) is 44.2 Å². The van der Waals surface area contributed by atoms with Crippen LogP contribution in [0.25, 0.3) is 0 Å². The van der Waals surface area contributed by atoms with Crippen molar-refractivity contribution in [3.8, 4) is 0 Å². The summed E-state index contributed by atoms with van der Waals surface area (Å²) in [6.45, 7) is 8.94. The van der Waals surface area contributed by atoms with Gasteiger partial charge in [-0.25, -0.2) is 0 Å². The van der Waals surface area contributed by atoms with Gasteiger partial charge in [-0.1, -0.05) is 26.0 Å². The molecule has 0 aliphatic carbocycles. The van der Waals surface area contributed by atoms with Crippen LogP contribution in [0, 0.1) is 0 Å². The lowest BCUT2D eigenvalue weighted by molar-refractivity contribution is 0.234. The van der Waals surface area contributed by atoms with Crippen molar-refractivity contribution in [1.29, 1.82) is 0 Å². The molecule has 3 heteroatoms. The summed E-state index contributed by atoms with van der Waals surface area (Å²) in [5.74, 6) is 0.607. The molecule has 3 nitrogen and oxygen atoms in total. The first-order chi connectivity index (χ1) is 9.15. The first-order valence-corrected chi connectivity index (χ1v) is 7.41. The highest BCUT2D eigenvalue weighted by Gasteiger charge is 2.15. The van der Waals surface area contributed by atoms with E-state index in [4.69, 9.17) is 0 Å². The summed E-state index contributed by atoms with van der Waals surface area (Å²) in [5.41, 5.74) is 2.63. The largest absolute Gasteiger partial charge is 0.385 e. The highest BCUT2D eigenvalue weighted by molar-refractivity contribution is 5.45. The number of nitrogens with zero attached hydrogens (tertiary/aromatic N) is 1. The number of rotatable bonds is 5. The second kappa shape index (κ2) is 6.92. The van der Waals surface area contributed by atoms with Gasteiger partial charge in [0, 0.05) is 37.9 Å². The average Bonchev–Trinajstić information content (AvgIpc) is 2.39. The molecule has 19 heavy (non-hydrogen) atoms. The lowest BCUT2D eigenvalue weighted by atomic mass is 10.0. The van der Waals surface area contributed by atoms with Crippen molar-refractivity contribution in [2.75, 3.05) is 38.5 Å². The molecular weight excluding hydrogens is 234 g/mol. The molecule has 0 amide bonds. The summed E-state index contributed by atoms with van der Waals surface area (Å²) in [5, 5.41) is 7.09. The van der Waals surface area contributed by atoms with Crippen LogP contribution in [0.1, 0.15) is 31.7 Å². The van der Waals surface area contributed by atoms with Crippen LogP contribution in [0.4, 0.5) is 5.69 Å². The number of nitrogens with one attached hydrogen (secondary N) is 2. The van der Waals surface area contributed by atoms with Crippen LogP contribution >= 0.6 is 0 Å². The second-order valence-electron chi connectivity index (χ2n) is 5.91. The highest BCUT2D eigenvalue weighted by Crippen LogP contribution is 2.17. The lowest BCUT2D eigenvalue weighted by Crippen LogP contribution is -2.49. The summed E-state index contributed by atoms with van der Waals surface area (Å²) < 4.78 is 0. The molecule has 1 unspecified atom stereocenters. The third kappa shape index (κ3) is 4.51. The molecule has 2 N–H and O–H groups in total. The maximum absolute atomic E-state index is 3.58. The van der Waals surface area contributed by atoms with Crippen molar-refractivity contribution in [3.05, 3.63) is 29.8 Å². The topological polar surface area (TPSA) is 27.3 Å². The van der Waals surface area contributed by atoms with E-state index in [2.05, 4.69) is 60.7 Å². The predicted octanol–water partition coefficient (Wildman–Crippen LogP) is 2.52. The van der Waals surface area contributed by atoms with Gasteiger partial charge in [-0.05, 0) is 37.1 Å². The maximum atomic E-state index is 3.58. The van der Waals surface area contributed by atoms with Crippen LogP contribution in [0.5, 0.6) is 0 Å². The molecule has 2 rings (SSSR count). The summed E-state index contributed by atoms with van der Waals surface area (Å²) in [6, 6.07) is 9.45. The first kappa shape index (κ1) is 14.4. The Labute approximate surface area is 117 Å². The minimum Gasteiger partial charge on any atom is -0.385 e. The molecule has 0 bridgehead atoms. The fourth-order valence-electron chi connectivity index (χ4n) is 2.56. The lowest BCUT2D eigenvalue weighted by Gasteiger charge is -2.31. The molecule has 1 saturated heterocycles. The number of hydrogen-bond acceptors (Lipinski definition) is 3. The Balaban J connectivity index is 1.73. The third-order valence-corrected chi connectivity index (χ3v) is 3.86. The fraction of sp³-hybridized carbons (Fsp3) is 0.625. The van der Waals surface area contributed by atoms with Crippen molar-refractivity contribution in [2.45, 2.75) is 32.2 Å². The Bertz CT molecular complexity index is 372. The summed E-state index contributed by atoms with van der Waals surface area (Å²) >= 11 is 0. The first-order valence-electron chi connectivity index (χ1n) is 7.41. The molecule has 0 saturated carbocycles. The Morgan fingerprint density at radius 2 is 2.05 bits per heavy atom. The molecule has 1 aliphatic heterocycles. The van der Waals surface area contributed by atoms with E-state index in [9.17, 15) is 0 Å². The number of benzene rings is 1. The van der Waals surface area contributed by atoms with E-state index < -0.39 is 0 Å². The molecule has 1 aromatic carbocycles. The van der Waals surface area contributed by atoms with Gasteiger partial charge < -0.3 is 15.5 Å². The molecule has 1 atom stereocenters. The smallest absolute Gasteiger partial charge is 0.0340 e. The molecular formula is C16H27N3. The van der Waals surface area contributed by atoms with Gasteiger partial charge in [-0.15, -0.1) is 0 Å². The number of anilines is 1. The molecule has 0 radical (unpaired) electrons. The maximum Gasteiger partial charge on any atom is 0.0340 e. The Morgan fingerprint density at radius 1 is 1.32 bits per heavy atom. The normalized spacial score (nSPS) is 20.7. The van der Waals surface area contributed by atoms with E-state index in [-0.39, 0.29) is 0 Å². The van der Waals surface area contributed by atoms with Crippen LogP contribution in [0.2, 0.25) is 0 Å². The van der Waals surface area contributed by atoms with Gasteiger partial charge in [0.25, 0.3) is 0 Å². The summed E-state index contributed by atoms with van der Waals surface area (Å²) in [6.07, 6.45) is 1.18. The molecule has 0 spiro atoms. The van der Waals surface area contributed by atoms with E-state index in [1.165, 1.54) is 24.2 Å². The fourth-order valence-corrected chi connectivity index (χ4v) is 2.56. The minimum atomic E-state index is 0.607. The molecule has 0 aromatic heterocycles. The molecule has 1 fully saturated rings. The van der Waals surface area contributed by atoms with Gasteiger partial charge in [0.15, 0.2) is 0 Å². The van der Waals surface area contributed by atoms with Gasteiger partial charge in [-0.3, -0.25) is 0 Å². The highest BCUT2D eigenvalue weighted by atomic mass is 15.2. The van der Waals surface area contributed by atoms with E-state index in [1.54, 1.807) is 0 Å². The third-order valence-electron chi connectivity index (χ3n) is 3.86. The molecule has 1 aromatic rings. The van der Waals surface area contributed by atoms with Gasteiger partial charge in [-0.2, -0.15) is 0 Å². The van der Waals surface area contributed by atoms with Crippen LogP contribution in [0.15, 0.2) is 24.3 Å². The van der Waals surface area contributed by atoms with Crippen molar-refractivity contribution in [2.24, 2.45) is 0 Å². The molecule has 106 valence electrons.